The summed E-state index contributed by atoms with van der Waals surface area (Å²) < 4.78 is 1.65. The number of nitrogens with one attached hydrogen (secondary N) is 1. The zero-order valence-corrected chi connectivity index (χ0v) is 14.0. The van der Waals surface area contributed by atoms with Gasteiger partial charge in [-0.15, -0.1) is 0 Å². The molecule has 0 saturated heterocycles. The number of anilines is 1. The quantitative estimate of drug-likeness (QED) is 0.783. The lowest BCUT2D eigenvalue weighted by molar-refractivity contribution is 0.925. The molecule has 4 nitrogen and oxygen atoms in total. The van der Waals surface area contributed by atoms with Crippen LogP contribution in [0.3, 0.4) is 0 Å². The van der Waals surface area contributed by atoms with E-state index in [1.165, 1.54) is 5.56 Å². The van der Waals surface area contributed by atoms with Crippen molar-refractivity contribution in [2.75, 3.05) is 11.9 Å². The lowest BCUT2D eigenvalue weighted by atomic mass is 10.1. The molecule has 3 aromatic rings. The smallest absolute Gasteiger partial charge is 0.297 e. The number of nitrogens with zero attached hydrogens (tertiary/aromatic N) is 2. The fourth-order valence-electron chi connectivity index (χ4n) is 2.67. The van der Waals surface area contributed by atoms with Crippen LogP contribution >= 0.6 is 0 Å². The summed E-state index contributed by atoms with van der Waals surface area (Å²) in [5.74, 6) is 0.384. The first kappa shape index (κ1) is 16.0. The van der Waals surface area contributed by atoms with Crippen LogP contribution in [0.4, 0.5) is 5.82 Å². The van der Waals surface area contributed by atoms with Crippen LogP contribution < -0.4 is 10.9 Å². The van der Waals surface area contributed by atoms with Crippen LogP contribution in [-0.4, -0.2) is 16.1 Å². The molecule has 122 valence electrons. The maximum Gasteiger partial charge on any atom is 0.297 e. The first-order chi connectivity index (χ1) is 11.6. The largest absolute Gasteiger partial charge is 0.365 e. The molecule has 2 aromatic carbocycles. The standard InChI is InChI=1S/C20H21N3O/c1-15-8-9-16(2)18(14-15)23-13-12-22-19(20(23)24)21-11-10-17-6-4-3-5-7-17/h3-9,12-14H,10-11H2,1-2H3,(H,21,22). The van der Waals surface area contributed by atoms with Gasteiger partial charge >= 0.3 is 0 Å². The summed E-state index contributed by atoms with van der Waals surface area (Å²) in [6, 6.07) is 16.3. The van der Waals surface area contributed by atoms with Gasteiger partial charge in [-0.05, 0) is 43.0 Å². The third-order valence-corrected chi connectivity index (χ3v) is 4.01. The molecular weight excluding hydrogens is 298 g/mol. The number of aromatic nitrogens is 2. The molecule has 0 bridgehead atoms. The Labute approximate surface area is 141 Å². The molecule has 0 spiro atoms. The van der Waals surface area contributed by atoms with E-state index >= 15 is 0 Å². The van der Waals surface area contributed by atoms with Gasteiger partial charge in [0.2, 0.25) is 0 Å². The summed E-state index contributed by atoms with van der Waals surface area (Å²) in [5, 5.41) is 3.16. The lowest BCUT2D eigenvalue weighted by Crippen LogP contribution is -2.24. The first-order valence-electron chi connectivity index (χ1n) is 8.08. The van der Waals surface area contributed by atoms with Crippen molar-refractivity contribution in [3.63, 3.8) is 0 Å². The monoisotopic (exact) mass is 319 g/mol. The number of hydrogen-bond donors (Lipinski definition) is 1. The maximum absolute atomic E-state index is 12.7. The van der Waals surface area contributed by atoms with Crippen molar-refractivity contribution in [2.45, 2.75) is 20.3 Å². The molecule has 0 unspecified atom stereocenters. The Bertz CT molecular complexity index is 885. The third-order valence-electron chi connectivity index (χ3n) is 4.01. The molecule has 3 rings (SSSR count). The topological polar surface area (TPSA) is 46.9 Å². The first-order valence-corrected chi connectivity index (χ1v) is 8.08. The zero-order chi connectivity index (χ0) is 16.9. The molecule has 0 radical (unpaired) electrons. The van der Waals surface area contributed by atoms with Gasteiger partial charge in [0.1, 0.15) is 0 Å². The second kappa shape index (κ2) is 7.13. The predicted molar refractivity (Wildman–Crippen MR) is 97.9 cm³/mol. The van der Waals surface area contributed by atoms with E-state index in [1.54, 1.807) is 17.0 Å². The van der Waals surface area contributed by atoms with Crippen molar-refractivity contribution in [1.29, 1.82) is 0 Å². The number of hydrogen-bond acceptors (Lipinski definition) is 3. The highest BCUT2D eigenvalue weighted by Gasteiger charge is 2.08. The second-order valence-corrected chi connectivity index (χ2v) is 5.90. The van der Waals surface area contributed by atoms with E-state index in [-0.39, 0.29) is 5.56 Å². The Morgan fingerprint density at radius 2 is 1.88 bits per heavy atom. The molecule has 0 amide bonds. The van der Waals surface area contributed by atoms with Crippen LogP contribution in [0.25, 0.3) is 5.69 Å². The molecular formula is C20H21N3O. The highest BCUT2D eigenvalue weighted by atomic mass is 16.1. The fraction of sp³-hybridized carbons (Fsp3) is 0.200. The van der Waals surface area contributed by atoms with E-state index < -0.39 is 0 Å². The summed E-state index contributed by atoms with van der Waals surface area (Å²) in [6.07, 6.45) is 4.22. The number of benzene rings is 2. The molecule has 0 aliphatic heterocycles. The van der Waals surface area contributed by atoms with Crippen molar-refractivity contribution >= 4 is 5.82 Å². The van der Waals surface area contributed by atoms with Gasteiger partial charge < -0.3 is 5.32 Å². The highest BCUT2D eigenvalue weighted by molar-refractivity contribution is 5.45. The molecule has 1 N–H and O–H groups in total. The minimum atomic E-state index is -0.126. The van der Waals surface area contributed by atoms with Crippen molar-refractivity contribution < 1.29 is 0 Å². The summed E-state index contributed by atoms with van der Waals surface area (Å²) in [5.41, 5.74) is 4.19. The van der Waals surface area contributed by atoms with Crippen LogP contribution in [-0.2, 0) is 6.42 Å². The van der Waals surface area contributed by atoms with Gasteiger partial charge in [-0.3, -0.25) is 9.36 Å². The van der Waals surface area contributed by atoms with E-state index in [9.17, 15) is 4.79 Å². The van der Waals surface area contributed by atoms with Gasteiger partial charge in [0.15, 0.2) is 5.82 Å². The summed E-state index contributed by atoms with van der Waals surface area (Å²) >= 11 is 0. The fourth-order valence-corrected chi connectivity index (χ4v) is 2.67. The Hall–Kier alpha value is -2.88. The van der Waals surface area contributed by atoms with Crippen LogP contribution in [0.15, 0.2) is 65.7 Å². The van der Waals surface area contributed by atoms with Crippen LogP contribution in [0.5, 0.6) is 0 Å². The van der Waals surface area contributed by atoms with E-state index in [4.69, 9.17) is 0 Å². The number of rotatable bonds is 5. The molecule has 24 heavy (non-hydrogen) atoms. The Kier molecular flexibility index (Phi) is 4.75. The minimum absolute atomic E-state index is 0.126. The van der Waals surface area contributed by atoms with E-state index in [0.717, 1.165) is 23.2 Å². The van der Waals surface area contributed by atoms with E-state index in [0.29, 0.717) is 12.4 Å². The molecule has 0 aliphatic carbocycles. The van der Waals surface area contributed by atoms with Gasteiger partial charge in [0.25, 0.3) is 5.56 Å². The third kappa shape index (κ3) is 3.54. The SMILES string of the molecule is Cc1ccc(C)c(-n2ccnc(NCCc3ccccc3)c2=O)c1. The van der Waals surface area contributed by atoms with Gasteiger partial charge in [-0.1, -0.05) is 42.5 Å². The summed E-state index contributed by atoms with van der Waals surface area (Å²) in [6.45, 7) is 4.70. The molecule has 1 aromatic heterocycles. The zero-order valence-electron chi connectivity index (χ0n) is 14.0. The van der Waals surface area contributed by atoms with Crippen molar-refractivity contribution in [1.82, 2.24) is 9.55 Å². The van der Waals surface area contributed by atoms with Crippen LogP contribution in [0.1, 0.15) is 16.7 Å². The Morgan fingerprint density at radius 3 is 2.67 bits per heavy atom. The van der Waals surface area contributed by atoms with Crippen LogP contribution in [0.2, 0.25) is 0 Å². The summed E-state index contributed by atoms with van der Waals surface area (Å²) in [7, 11) is 0. The van der Waals surface area contributed by atoms with E-state index in [1.807, 2.05) is 50.2 Å². The second-order valence-electron chi connectivity index (χ2n) is 5.90. The molecule has 0 aliphatic rings. The normalized spacial score (nSPS) is 10.6. The van der Waals surface area contributed by atoms with Gasteiger partial charge in [0.05, 0.1) is 5.69 Å². The van der Waals surface area contributed by atoms with Gasteiger partial charge in [0, 0.05) is 18.9 Å². The number of aryl methyl sites for hydroxylation is 2. The summed E-state index contributed by atoms with van der Waals surface area (Å²) in [4.78, 5) is 16.9. The van der Waals surface area contributed by atoms with Crippen molar-refractivity contribution in [2.24, 2.45) is 0 Å². The molecule has 4 heteroatoms. The van der Waals surface area contributed by atoms with Gasteiger partial charge in [-0.2, -0.15) is 0 Å². The minimum Gasteiger partial charge on any atom is -0.365 e. The lowest BCUT2D eigenvalue weighted by Gasteiger charge is -2.12. The highest BCUT2D eigenvalue weighted by Crippen LogP contribution is 2.14. The molecule has 0 atom stereocenters. The molecule has 1 heterocycles. The average Bonchev–Trinajstić information content (AvgIpc) is 2.60. The Balaban J connectivity index is 1.81. The van der Waals surface area contributed by atoms with Gasteiger partial charge in [-0.25, -0.2) is 4.98 Å². The van der Waals surface area contributed by atoms with E-state index in [2.05, 4.69) is 22.4 Å². The Morgan fingerprint density at radius 1 is 1.08 bits per heavy atom. The molecule has 0 saturated carbocycles. The molecule has 0 fully saturated rings. The van der Waals surface area contributed by atoms with Crippen molar-refractivity contribution in [3.05, 3.63) is 88.0 Å². The predicted octanol–water partition coefficient (Wildman–Crippen LogP) is 3.50. The average molecular weight is 319 g/mol. The maximum atomic E-state index is 12.7. The van der Waals surface area contributed by atoms with Crippen LogP contribution in [0, 0.1) is 13.8 Å². The van der Waals surface area contributed by atoms with Crippen molar-refractivity contribution in [3.8, 4) is 5.69 Å².